The Kier molecular flexibility index (Phi) is 4.22. The first kappa shape index (κ1) is 14.8. The van der Waals surface area contributed by atoms with Crippen LogP contribution in [0.25, 0.3) is 16.6 Å². The molecular weight excluding hydrogens is 318 g/mol. The van der Waals surface area contributed by atoms with E-state index in [9.17, 15) is 4.79 Å². The van der Waals surface area contributed by atoms with Crippen LogP contribution in [0, 0.1) is 6.92 Å². The molecule has 0 aliphatic carbocycles. The molecular formula is C17H12ClNO2S. The summed E-state index contributed by atoms with van der Waals surface area (Å²) in [4.78, 5) is 16.4. The van der Waals surface area contributed by atoms with Crippen LogP contribution in [0.3, 0.4) is 0 Å². The number of carbonyl (C=O) groups excluding carboxylic acids is 1. The van der Waals surface area contributed by atoms with E-state index in [0.717, 1.165) is 22.0 Å². The number of aromatic nitrogens is 1. The van der Waals surface area contributed by atoms with Gasteiger partial charge in [-0.3, -0.25) is 4.79 Å². The highest BCUT2D eigenvalue weighted by atomic mass is 35.5. The van der Waals surface area contributed by atoms with Gasteiger partial charge in [0, 0.05) is 16.0 Å². The Hall–Kier alpha value is -2.17. The number of hydrogen-bond donors (Lipinski definition) is 0. The number of allylic oxidation sites excluding steroid dienone is 1. The molecule has 0 fully saturated rings. The Labute approximate surface area is 136 Å². The van der Waals surface area contributed by atoms with Crippen LogP contribution in [0.4, 0.5) is 0 Å². The average Bonchev–Trinajstić information content (AvgIpc) is 3.15. The normalized spacial score (nSPS) is 11.2. The van der Waals surface area contributed by atoms with Crippen LogP contribution in [0.15, 0.2) is 52.3 Å². The molecule has 0 aliphatic heterocycles. The summed E-state index contributed by atoms with van der Waals surface area (Å²) in [5.41, 5.74) is 1.74. The average molecular weight is 330 g/mol. The van der Waals surface area contributed by atoms with Crippen molar-refractivity contribution >= 4 is 34.8 Å². The molecule has 3 aromatic rings. The summed E-state index contributed by atoms with van der Waals surface area (Å²) in [5.74, 6) is 0.881. The maximum absolute atomic E-state index is 11.9. The van der Waals surface area contributed by atoms with E-state index in [0.29, 0.717) is 10.8 Å². The zero-order chi connectivity index (χ0) is 15.5. The quantitative estimate of drug-likeness (QED) is 0.484. The number of aryl methyl sites for hydroxylation is 1. The number of thiazole rings is 1. The van der Waals surface area contributed by atoms with Gasteiger partial charge in [0.1, 0.15) is 10.8 Å². The summed E-state index contributed by atoms with van der Waals surface area (Å²) < 4.78 is 5.29. The molecule has 0 bridgehead atoms. The maximum Gasteiger partial charge on any atom is 0.221 e. The topological polar surface area (TPSA) is 43.1 Å². The van der Waals surface area contributed by atoms with Crippen molar-refractivity contribution in [2.75, 3.05) is 0 Å². The fraction of sp³-hybridized carbons (Fsp3) is 0.0588. The van der Waals surface area contributed by atoms with Gasteiger partial charge in [-0.15, -0.1) is 11.3 Å². The van der Waals surface area contributed by atoms with Crippen molar-refractivity contribution in [1.82, 2.24) is 4.98 Å². The monoisotopic (exact) mass is 329 g/mol. The van der Waals surface area contributed by atoms with Crippen molar-refractivity contribution in [1.29, 1.82) is 0 Å². The molecule has 0 aliphatic rings. The number of benzene rings is 1. The van der Waals surface area contributed by atoms with E-state index in [1.54, 1.807) is 25.1 Å². The second-order valence-corrected chi connectivity index (χ2v) is 5.99. The largest absolute Gasteiger partial charge is 0.458 e. The smallest absolute Gasteiger partial charge is 0.221 e. The first-order valence-corrected chi connectivity index (χ1v) is 7.88. The summed E-state index contributed by atoms with van der Waals surface area (Å²) in [6.07, 6.45) is 3.16. The van der Waals surface area contributed by atoms with Gasteiger partial charge in [0.05, 0.1) is 5.69 Å². The lowest BCUT2D eigenvalue weighted by molar-refractivity contribution is 0.102. The molecule has 0 spiro atoms. The molecule has 0 N–H and O–H groups in total. The fourth-order valence-electron chi connectivity index (χ4n) is 1.90. The fourth-order valence-corrected chi connectivity index (χ4v) is 2.82. The SMILES string of the molecule is Cc1ccc(C(=O)/C=C/c2csc(-c3ccc(Cl)cc3)n2)o1. The molecule has 0 unspecified atom stereocenters. The number of carbonyl (C=O) groups is 1. The zero-order valence-electron chi connectivity index (χ0n) is 11.7. The molecule has 0 saturated carbocycles. The number of ketones is 1. The minimum Gasteiger partial charge on any atom is -0.458 e. The highest BCUT2D eigenvalue weighted by Gasteiger charge is 2.07. The predicted molar refractivity (Wildman–Crippen MR) is 89.4 cm³/mol. The van der Waals surface area contributed by atoms with Crippen molar-refractivity contribution in [3.8, 4) is 10.6 Å². The van der Waals surface area contributed by atoms with Gasteiger partial charge in [-0.05, 0) is 43.3 Å². The van der Waals surface area contributed by atoms with Crippen LogP contribution < -0.4 is 0 Å². The van der Waals surface area contributed by atoms with Crippen LogP contribution in [-0.4, -0.2) is 10.8 Å². The number of hydrogen-bond acceptors (Lipinski definition) is 4. The van der Waals surface area contributed by atoms with E-state index >= 15 is 0 Å². The van der Waals surface area contributed by atoms with Crippen molar-refractivity contribution in [2.24, 2.45) is 0 Å². The van der Waals surface area contributed by atoms with Crippen LogP contribution in [0.2, 0.25) is 5.02 Å². The van der Waals surface area contributed by atoms with Gasteiger partial charge in [0.2, 0.25) is 5.78 Å². The number of rotatable bonds is 4. The molecule has 0 saturated heterocycles. The van der Waals surface area contributed by atoms with Crippen molar-refractivity contribution in [3.63, 3.8) is 0 Å². The molecule has 22 heavy (non-hydrogen) atoms. The molecule has 5 heteroatoms. The van der Waals surface area contributed by atoms with E-state index in [-0.39, 0.29) is 5.78 Å². The lowest BCUT2D eigenvalue weighted by Gasteiger charge is -1.95. The molecule has 3 nitrogen and oxygen atoms in total. The zero-order valence-corrected chi connectivity index (χ0v) is 13.3. The molecule has 0 atom stereocenters. The third-order valence-corrected chi connectivity index (χ3v) is 4.16. The van der Waals surface area contributed by atoms with Crippen molar-refractivity contribution < 1.29 is 9.21 Å². The van der Waals surface area contributed by atoms with Crippen LogP contribution >= 0.6 is 22.9 Å². The predicted octanol–water partition coefficient (Wildman–Crippen LogP) is 5.26. The molecule has 2 heterocycles. The lowest BCUT2D eigenvalue weighted by Crippen LogP contribution is -1.90. The minimum absolute atomic E-state index is 0.172. The van der Waals surface area contributed by atoms with Crippen molar-refractivity contribution in [3.05, 3.63) is 70.1 Å². The molecule has 0 amide bonds. The van der Waals surface area contributed by atoms with Gasteiger partial charge >= 0.3 is 0 Å². The Balaban J connectivity index is 1.75. The van der Waals surface area contributed by atoms with E-state index < -0.39 is 0 Å². The number of halogens is 1. The highest BCUT2D eigenvalue weighted by molar-refractivity contribution is 7.13. The first-order valence-electron chi connectivity index (χ1n) is 6.62. The van der Waals surface area contributed by atoms with E-state index in [2.05, 4.69) is 4.98 Å². The molecule has 2 aromatic heterocycles. The van der Waals surface area contributed by atoms with Crippen LogP contribution in [0.1, 0.15) is 22.0 Å². The van der Waals surface area contributed by atoms with Gasteiger partial charge in [-0.25, -0.2) is 4.98 Å². The highest BCUT2D eigenvalue weighted by Crippen LogP contribution is 2.25. The second kappa shape index (κ2) is 6.30. The standard InChI is InChI=1S/C17H12ClNO2S/c1-11-2-9-16(21-11)15(20)8-7-14-10-22-17(19-14)12-3-5-13(18)6-4-12/h2-10H,1H3/b8-7+. The maximum atomic E-state index is 11.9. The molecule has 0 radical (unpaired) electrons. The van der Waals surface area contributed by atoms with Gasteiger partial charge in [-0.2, -0.15) is 0 Å². The Morgan fingerprint density at radius 1 is 1.23 bits per heavy atom. The third-order valence-electron chi connectivity index (χ3n) is 3.00. The number of nitrogens with zero attached hydrogens (tertiary/aromatic N) is 1. The molecule has 110 valence electrons. The molecule has 1 aromatic carbocycles. The van der Waals surface area contributed by atoms with E-state index in [4.69, 9.17) is 16.0 Å². The third kappa shape index (κ3) is 3.35. The minimum atomic E-state index is -0.172. The Morgan fingerprint density at radius 3 is 2.68 bits per heavy atom. The lowest BCUT2D eigenvalue weighted by atomic mass is 10.2. The van der Waals surface area contributed by atoms with Gasteiger partial charge < -0.3 is 4.42 Å². The van der Waals surface area contributed by atoms with Gasteiger partial charge in [0.15, 0.2) is 5.76 Å². The Morgan fingerprint density at radius 2 is 2.00 bits per heavy atom. The van der Waals surface area contributed by atoms with Crippen LogP contribution in [-0.2, 0) is 0 Å². The first-order chi connectivity index (χ1) is 10.6. The van der Waals surface area contributed by atoms with E-state index in [1.165, 1.54) is 17.4 Å². The summed E-state index contributed by atoms with van der Waals surface area (Å²) in [6.45, 7) is 1.80. The van der Waals surface area contributed by atoms with Crippen LogP contribution in [0.5, 0.6) is 0 Å². The summed E-state index contributed by atoms with van der Waals surface area (Å²) in [5, 5.41) is 3.48. The Bertz CT molecular complexity index is 830. The summed E-state index contributed by atoms with van der Waals surface area (Å²) >= 11 is 7.39. The van der Waals surface area contributed by atoms with Gasteiger partial charge in [0.25, 0.3) is 0 Å². The van der Waals surface area contributed by atoms with Crippen molar-refractivity contribution in [2.45, 2.75) is 6.92 Å². The summed E-state index contributed by atoms with van der Waals surface area (Å²) in [7, 11) is 0. The second-order valence-electron chi connectivity index (χ2n) is 4.69. The number of furan rings is 1. The van der Waals surface area contributed by atoms with E-state index in [1.807, 2.05) is 29.6 Å². The molecule has 3 rings (SSSR count). The van der Waals surface area contributed by atoms with Gasteiger partial charge in [-0.1, -0.05) is 23.7 Å². The summed E-state index contributed by atoms with van der Waals surface area (Å²) in [6, 6.07) is 10.9.